The standard InChI is InChI=1S/C15H24N2/c1-11-5-7-13(9-11)17-14-8-6-12(10-16-14)15(2,3)4/h6,8,10-11,13H,5,7,9H2,1-4H3,(H,16,17). The number of aromatic nitrogens is 1. The van der Waals surface area contributed by atoms with Crippen LogP contribution in [0.2, 0.25) is 0 Å². The van der Waals surface area contributed by atoms with E-state index in [-0.39, 0.29) is 5.41 Å². The molecular weight excluding hydrogens is 208 g/mol. The normalized spacial score (nSPS) is 24.9. The third kappa shape index (κ3) is 3.21. The molecule has 17 heavy (non-hydrogen) atoms. The molecule has 0 spiro atoms. The summed E-state index contributed by atoms with van der Waals surface area (Å²) in [6.07, 6.45) is 5.91. The van der Waals surface area contributed by atoms with Gasteiger partial charge in [0.2, 0.25) is 0 Å². The van der Waals surface area contributed by atoms with Gasteiger partial charge in [0.1, 0.15) is 5.82 Å². The lowest BCUT2D eigenvalue weighted by Gasteiger charge is -2.19. The molecule has 1 heterocycles. The highest BCUT2D eigenvalue weighted by molar-refractivity contribution is 5.38. The Labute approximate surface area is 105 Å². The number of anilines is 1. The van der Waals surface area contributed by atoms with Gasteiger partial charge in [0, 0.05) is 12.2 Å². The van der Waals surface area contributed by atoms with Crippen LogP contribution in [0.15, 0.2) is 18.3 Å². The topological polar surface area (TPSA) is 24.9 Å². The Morgan fingerprint density at radius 1 is 1.24 bits per heavy atom. The van der Waals surface area contributed by atoms with Crippen LogP contribution in [0.1, 0.15) is 52.5 Å². The van der Waals surface area contributed by atoms with Gasteiger partial charge in [-0.05, 0) is 42.2 Å². The predicted molar refractivity (Wildman–Crippen MR) is 73.4 cm³/mol. The molecule has 94 valence electrons. The molecule has 1 aliphatic rings. The molecule has 1 aromatic rings. The van der Waals surface area contributed by atoms with Gasteiger partial charge in [-0.25, -0.2) is 4.98 Å². The van der Waals surface area contributed by atoms with E-state index < -0.39 is 0 Å². The van der Waals surface area contributed by atoms with Crippen LogP contribution in [-0.4, -0.2) is 11.0 Å². The molecule has 1 aromatic heterocycles. The van der Waals surface area contributed by atoms with Gasteiger partial charge >= 0.3 is 0 Å². The van der Waals surface area contributed by atoms with Crippen molar-refractivity contribution in [3.8, 4) is 0 Å². The smallest absolute Gasteiger partial charge is 0.126 e. The zero-order chi connectivity index (χ0) is 12.5. The second-order valence-corrected chi connectivity index (χ2v) is 6.44. The molecule has 2 nitrogen and oxygen atoms in total. The molecule has 0 amide bonds. The van der Waals surface area contributed by atoms with Gasteiger partial charge in [0.25, 0.3) is 0 Å². The molecule has 1 saturated carbocycles. The predicted octanol–water partition coefficient (Wildman–Crippen LogP) is 3.98. The molecule has 0 saturated heterocycles. The Morgan fingerprint density at radius 3 is 2.47 bits per heavy atom. The van der Waals surface area contributed by atoms with E-state index in [1.54, 1.807) is 0 Å². The van der Waals surface area contributed by atoms with Crippen molar-refractivity contribution < 1.29 is 0 Å². The summed E-state index contributed by atoms with van der Waals surface area (Å²) in [6.45, 7) is 8.99. The fourth-order valence-electron chi connectivity index (χ4n) is 2.47. The van der Waals surface area contributed by atoms with Crippen LogP contribution < -0.4 is 5.32 Å². The zero-order valence-corrected chi connectivity index (χ0v) is 11.5. The number of nitrogens with one attached hydrogen (secondary N) is 1. The monoisotopic (exact) mass is 232 g/mol. The summed E-state index contributed by atoms with van der Waals surface area (Å²) in [6, 6.07) is 4.93. The Hall–Kier alpha value is -1.05. The molecule has 0 bridgehead atoms. The van der Waals surface area contributed by atoms with E-state index in [1.807, 2.05) is 6.20 Å². The Kier molecular flexibility index (Phi) is 3.41. The molecule has 0 radical (unpaired) electrons. The lowest BCUT2D eigenvalue weighted by molar-refractivity contribution is 0.587. The highest BCUT2D eigenvalue weighted by atomic mass is 15.0. The second kappa shape index (κ2) is 4.67. The Balaban J connectivity index is 1.99. The average Bonchev–Trinajstić information content (AvgIpc) is 2.63. The average molecular weight is 232 g/mol. The van der Waals surface area contributed by atoms with Crippen LogP contribution in [0.4, 0.5) is 5.82 Å². The first-order chi connectivity index (χ1) is 7.95. The van der Waals surface area contributed by atoms with Crippen molar-refractivity contribution in [3.63, 3.8) is 0 Å². The first-order valence-corrected chi connectivity index (χ1v) is 6.68. The van der Waals surface area contributed by atoms with Crippen LogP contribution in [0, 0.1) is 5.92 Å². The van der Waals surface area contributed by atoms with Gasteiger partial charge in [-0.1, -0.05) is 33.8 Å². The van der Waals surface area contributed by atoms with Crippen molar-refractivity contribution >= 4 is 5.82 Å². The maximum Gasteiger partial charge on any atom is 0.126 e. The van der Waals surface area contributed by atoms with E-state index in [2.05, 4.69) is 50.1 Å². The fourth-order valence-corrected chi connectivity index (χ4v) is 2.47. The van der Waals surface area contributed by atoms with Crippen molar-refractivity contribution in [1.29, 1.82) is 0 Å². The zero-order valence-electron chi connectivity index (χ0n) is 11.5. The molecular formula is C15H24N2. The molecule has 1 aliphatic carbocycles. The molecule has 0 aliphatic heterocycles. The van der Waals surface area contributed by atoms with Crippen LogP contribution in [0.5, 0.6) is 0 Å². The van der Waals surface area contributed by atoms with Gasteiger partial charge in [0.05, 0.1) is 0 Å². The summed E-state index contributed by atoms with van der Waals surface area (Å²) in [7, 11) is 0. The van der Waals surface area contributed by atoms with Gasteiger partial charge in [-0.3, -0.25) is 0 Å². The minimum atomic E-state index is 0.188. The number of hydrogen-bond acceptors (Lipinski definition) is 2. The molecule has 2 atom stereocenters. The number of pyridine rings is 1. The number of hydrogen-bond donors (Lipinski definition) is 1. The number of rotatable bonds is 2. The maximum atomic E-state index is 4.52. The van der Waals surface area contributed by atoms with Gasteiger partial charge in [-0.2, -0.15) is 0 Å². The van der Waals surface area contributed by atoms with Crippen molar-refractivity contribution in [3.05, 3.63) is 23.9 Å². The molecule has 2 heteroatoms. The quantitative estimate of drug-likeness (QED) is 0.834. The van der Waals surface area contributed by atoms with Gasteiger partial charge in [-0.15, -0.1) is 0 Å². The van der Waals surface area contributed by atoms with Crippen LogP contribution in [-0.2, 0) is 5.41 Å². The summed E-state index contributed by atoms with van der Waals surface area (Å²) in [5.74, 6) is 1.89. The maximum absolute atomic E-state index is 4.52. The largest absolute Gasteiger partial charge is 0.367 e. The summed E-state index contributed by atoms with van der Waals surface area (Å²) in [4.78, 5) is 4.52. The van der Waals surface area contributed by atoms with Crippen LogP contribution in [0.3, 0.4) is 0 Å². The summed E-state index contributed by atoms with van der Waals surface area (Å²) in [5.41, 5.74) is 1.48. The van der Waals surface area contributed by atoms with E-state index in [4.69, 9.17) is 0 Å². The van der Waals surface area contributed by atoms with E-state index in [0.29, 0.717) is 6.04 Å². The summed E-state index contributed by atoms with van der Waals surface area (Å²) in [5, 5.41) is 3.54. The minimum absolute atomic E-state index is 0.188. The van der Waals surface area contributed by atoms with E-state index >= 15 is 0 Å². The SMILES string of the molecule is CC1CCC(Nc2ccc(C(C)(C)C)cn2)C1. The Bertz CT molecular complexity index is 362. The molecule has 1 fully saturated rings. The Morgan fingerprint density at radius 2 is 2.00 bits per heavy atom. The molecule has 2 unspecified atom stereocenters. The molecule has 2 rings (SSSR count). The van der Waals surface area contributed by atoms with Crippen molar-refractivity contribution in [2.24, 2.45) is 5.92 Å². The second-order valence-electron chi connectivity index (χ2n) is 6.44. The first-order valence-electron chi connectivity index (χ1n) is 6.68. The summed E-state index contributed by atoms with van der Waals surface area (Å²) < 4.78 is 0. The first kappa shape index (κ1) is 12.4. The van der Waals surface area contributed by atoms with Gasteiger partial charge < -0.3 is 5.32 Å². The van der Waals surface area contributed by atoms with E-state index in [9.17, 15) is 0 Å². The van der Waals surface area contributed by atoms with Crippen LogP contribution >= 0.6 is 0 Å². The van der Waals surface area contributed by atoms with Crippen molar-refractivity contribution in [2.75, 3.05) is 5.32 Å². The van der Waals surface area contributed by atoms with Crippen LogP contribution in [0.25, 0.3) is 0 Å². The lowest BCUT2D eigenvalue weighted by Crippen LogP contribution is -2.17. The lowest BCUT2D eigenvalue weighted by atomic mass is 9.88. The molecule has 0 aromatic carbocycles. The fraction of sp³-hybridized carbons (Fsp3) is 0.667. The summed E-state index contributed by atoms with van der Waals surface area (Å²) >= 11 is 0. The highest BCUT2D eigenvalue weighted by Gasteiger charge is 2.21. The van der Waals surface area contributed by atoms with Gasteiger partial charge in [0.15, 0.2) is 0 Å². The highest BCUT2D eigenvalue weighted by Crippen LogP contribution is 2.27. The van der Waals surface area contributed by atoms with Crippen molar-refractivity contribution in [1.82, 2.24) is 4.98 Å². The minimum Gasteiger partial charge on any atom is -0.367 e. The number of nitrogens with zero attached hydrogens (tertiary/aromatic N) is 1. The van der Waals surface area contributed by atoms with E-state index in [0.717, 1.165) is 11.7 Å². The van der Waals surface area contributed by atoms with E-state index in [1.165, 1.54) is 24.8 Å². The molecule has 1 N–H and O–H groups in total. The third-order valence-electron chi connectivity index (χ3n) is 3.68. The van der Waals surface area contributed by atoms with Crippen molar-refractivity contribution in [2.45, 2.75) is 58.4 Å². The third-order valence-corrected chi connectivity index (χ3v) is 3.68.